The zero-order valence-corrected chi connectivity index (χ0v) is 17.9. The lowest BCUT2D eigenvalue weighted by atomic mass is 9.98. The summed E-state index contributed by atoms with van der Waals surface area (Å²) < 4.78 is 1.72. The number of hydrogen-bond acceptors (Lipinski definition) is 5. The number of rotatable bonds is 10. The van der Waals surface area contributed by atoms with Gasteiger partial charge >= 0.3 is 0 Å². The first-order chi connectivity index (χ1) is 13.2. The summed E-state index contributed by atoms with van der Waals surface area (Å²) in [5.41, 5.74) is 0.0845. The predicted octanol–water partition coefficient (Wildman–Crippen LogP) is 3.55. The van der Waals surface area contributed by atoms with Crippen LogP contribution in [-0.4, -0.2) is 32.5 Å². The number of hydrogen-bond donors (Lipinski definition) is 1. The molecule has 1 heterocycles. The number of Topliss-reactive ketones (excluding diaryl/α,β-unsaturated/α-hetero) is 1. The number of fused-ring (bicyclic) bond motifs is 1. The highest BCUT2D eigenvalue weighted by atomic mass is 32.2. The fourth-order valence-corrected chi connectivity index (χ4v) is 4.08. The molecule has 0 saturated heterocycles. The minimum atomic E-state index is -0.558. The molecule has 0 unspecified atom stereocenters. The second-order valence-corrected chi connectivity index (χ2v) is 8.69. The van der Waals surface area contributed by atoms with Gasteiger partial charge in [0.1, 0.15) is 5.78 Å². The van der Waals surface area contributed by atoms with Crippen LogP contribution in [-0.2, 0) is 16.1 Å². The number of nitrogens with one attached hydrogen (secondary N) is 1. The Kier molecular flexibility index (Phi) is 7.80. The Hall–Kier alpha value is -2.15. The van der Waals surface area contributed by atoms with E-state index in [9.17, 15) is 14.4 Å². The number of carbonyl (C=O) groups is 2. The molecular formula is C21H29N3O3S. The molecule has 0 saturated carbocycles. The Labute approximate surface area is 170 Å². The molecule has 0 radical (unpaired) electrons. The van der Waals surface area contributed by atoms with Gasteiger partial charge in [0.15, 0.2) is 5.16 Å². The smallest absolute Gasteiger partial charge is 0.262 e. The maximum absolute atomic E-state index is 12.8. The minimum absolute atomic E-state index is 0.0337. The fraction of sp³-hybridized carbons (Fsp3) is 0.524. The molecule has 0 aliphatic rings. The SMILES string of the molecule is CCCCn1c(SCCC(=O)NC(C)(C)CC(C)=O)nc2ccccc2c1=O. The first kappa shape index (κ1) is 22.1. The van der Waals surface area contributed by atoms with E-state index in [0.29, 0.717) is 41.2 Å². The zero-order valence-electron chi connectivity index (χ0n) is 17.1. The number of unbranched alkanes of at least 4 members (excludes halogenated alkanes) is 1. The molecule has 0 bridgehead atoms. The number of nitrogens with zero attached hydrogens (tertiary/aromatic N) is 2. The van der Waals surface area contributed by atoms with Crippen molar-refractivity contribution in [1.29, 1.82) is 0 Å². The van der Waals surface area contributed by atoms with Crippen molar-refractivity contribution in [2.75, 3.05) is 5.75 Å². The average Bonchev–Trinajstić information content (AvgIpc) is 2.59. The zero-order chi connectivity index (χ0) is 20.7. The second kappa shape index (κ2) is 9.87. The molecule has 1 aromatic carbocycles. The van der Waals surface area contributed by atoms with Gasteiger partial charge in [0.2, 0.25) is 5.91 Å². The van der Waals surface area contributed by atoms with Crippen LogP contribution >= 0.6 is 11.8 Å². The number of para-hydroxylation sites is 1. The molecule has 0 fully saturated rings. The Balaban J connectivity index is 2.09. The van der Waals surface area contributed by atoms with Gasteiger partial charge in [0.25, 0.3) is 5.56 Å². The molecule has 2 aromatic rings. The quantitative estimate of drug-likeness (QED) is 0.485. The first-order valence-electron chi connectivity index (χ1n) is 9.66. The largest absolute Gasteiger partial charge is 0.351 e. The number of ketones is 1. The van der Waals surface area contributed by atoms with Gasteiger partial charge in [-0.15, -0.1) is 0 Å². The number of amides is 1. The van der Waals surface area contributed by atoms with Crippen molar-refractivity contribution in [1.82, 2.24) is 14.9 Å². The van der Waals surface area contributed by atoms with Gasteiger partial charge in [-0.3, -0.25) is 19.0 Å². The van der Waals surface area contributed by atoms with E-state index < -0.39 is 5.54 Å². The molecular weight excluding hydrogens is 374 g/mol. The normalized spacial score (nSPS) is 11.6. The molecule has 1 amide bonds. The highest BCUT2D eigenvalue weighted by Crippen LogP contribution is 2.19. The van der Waals surface area contributed by atoms with E-state index in [0.717, 1.165) is 12.8 Å². The molecule has 7 heteroatoms. The summed E-state index contributed by atoms with van der Waals surface area (Å²) >= 11 is 1.42. The van der Waals surface area contributed by atoms with Gasteiger partial charge < -0.3 is 5.32 Å². The summed E-state index contributed by atoms with van der Waals surface area (Å²) in [6, 6.07) is 7.34. The van der Waals surface area contributed by atoms with E-state index >= 15 is 0 Å². The van der Waals surface area contributed by atoms with Crippen LogP contribution in [0.5, 0.6) is 0 Å². The van der Waals surface area contributed by atoms with Crippen LogP contribution in [0.25, 0.3) is 10.9 Å². The highest BCUT2D eigenvalue weighted by Gasteiger charge is 2.22. The summed E-state index contributed by atoms with van der Waals surface area (Å²) in [6.45, 7) is 7.90. The van der Waals surface area contributed by atoms with Gasteiger partial charge in [-0.05, 0) is 39.3 Å². The monoisotopic (exact) mass is 403 g/mol. The Bertz CT molecular complexity index is 905. The Morgan fingerprint density at radius 2 is 1.96 bits per heavy atom. The fourth-order valence-electron chi connectivity index (χ4n) is 3.11. The number of benzene rings is 1. The Morgan fingerprint density at radius 3 is 2.64 bits per heavy atom. The van der Waals surface area contributed by atoms with Crippen molar-refractivity contribution < 1.29 is 9.59 Å². The third kappa shape index (κ3) is 6.19. The Morgan fingerprint density at radius 1 is 1.25 bits per heavy atom. The van der Waals surface area contributed by atoms with Crippen LogP contribution in [0.15, 0.2) is 34.2 Å². The molecule has 2 rings (SSSR count). The molecule has 0 atom stereocenters. The standard InChI is InChI=1S/C21H29N3O3S/c1-5-6-12-24-19(27)16-9-7-8-10-17(16)22-20(24)28-13-11-18(26)23-21(3,4)14-15(2)25/h7-10H,5-6,11-14H2,1-4H3,(H,23,26). The van der Waals surface area contributed by atoms with Gasteiger partial charge in [-0.2, -0.15) is 0 Å². The molecule has 0 aliphatic heterocycles. The van der Waals surface area contributed by atoms with Crippen molar-refractivity contribution in [3.05, 3.63) is 34.6 Å². The molecule has 0 aliphatic carbocycles. The summed E-state index contributed by atoms with van der Waals surface area (Å²) in [5.74, 6) is 0.445. The van der Waals surface area contributed by atoms with Crippen LogP contribution in [0.1, 0.15) is 53.4 Å². The van der Waals surface area contributed by atoms with Crippen molar-refractivity contribution in [2.45, 2.75) is 70.6 Å². The first-order valence-corrected chi connectivity index (χ1v) is 10.6. The number of carbonyl (C=O) groups excluding carboxylic acids is 2. The second-order valence-electron chi connectivity index (χ2n) is 7.63. The highest BCUT2D eigenvalue weighted by molar-refractivity contribution is 7.99. The molecule has 0 spiro atoms. The molecule has 6 nitrogen and oxygen atoms in total. The summed E-state index contributed by atoms with van der Waals surface area (Å²) in [4.78, 5) is 41.0. The van der Waals surface area contributed by atoms with E-state index in [1.54, 1.807) is 10.6 Å². The van der Waals surface area contributed by atoms with Gasteiger partial charge in [-0.1, -0.05) is 37.2 Å². The third-order valence-electron chi connectivity index (χ3n) is 4.29. The van der Waals surface area contributed by atoms with Crippen LogP contribution < -0.4 is 10.9 Å². The lowest BCUT2D eigenvalue weighted by molar-refractivity contribution is -0.123. The molecule has 1 N–H and O–H groups in total. The van der Waals surface area contributed by atoms with Gasteiger partial charge in [0.05, 0.1) is 10.9 Å². The average molecular weight is 404 g/mol. The van der Waals surface area contributed by atoms with Crippen molar-refractivity contribution >= 4 is 34.4 Å². The summed E-state index contributed by atoms with van der Waals surface area (Å²) in [6.07, 6.45) is 2.47. The van der Waals surface area contributed by atoms with Gasteiger partial charge in [-0.25, -0.2) is 4.98 Å². The van der Waals surface area contributed by atoms with Crippen molar-refractivity contribution in [3.8, 4) is 0 Å². The third-order valence-corrected chi connectivity index (χ3v) is 5.27. The van der Waals surface area contributed by atoms with E-state index in [4.69, 9.17) is 0 Å². The topological polar surface area (TPSA) is 81.1 Å². The molecule has 152 valence electrons. The van der Waals surface area contributed by atoms with Crippen molar-refractivity contribution in [2.24, 2.45) is 0 Å². The molecule has 28 heavy (non-hydrogen) atoms. The number of thioether (sulfide) groups is 1. The van der Waals surface area contributed by atoms with Crippen molar-refractivity contribution in [3.63, 3.8) is 0 Å². The van der Waals surface area contributed by atoms with Crippen LogP contribution in [0.2, 0.25) is 0 Å². The maximum Gasteiger partial charge on any atom is 0.262 e. The molecule has 1 aromatic heterocycles. The van der Waals surface area contributed by atoms with E-state index in [-0.39, 0.29) is 17.2 Å². The van der Waals surface area contributed by atoms with E-state index in [2.05, 4.69) is 17.2 Å². The van der Waals surface area contributed by atoms with Crippen LogP contribution in [0.4, 0.5) is 0 Å². The van der Waals surface area contributed by atoms with Gasteiger partial charge in [0, 0.05) is 30.7 Å². The lowest BCUT2D eigenvalue weighted by Gasteiger charge is -2.25. The van der Waals surface area contributed by atoms with Crippen LogP contribution in [0.3, 0.4) is 0 Å². The summed E-state index contributed by atoms with van der Waals surface area (Å²) in [5, 5.41) is 4.17. The maximum atomic E-state index is 12.8. The lowest BCUT2D eigenvalue weighted by Crippen LogP contribution is -2.44. The van der Waals surface area contributed by atoms with E-state index in [1.165, 1.54) is 18.7 Å². The predicted molar refractivity (Wildman–Crippen MR) is 114 cm³/mol. The van der Waals surface area contributed by atoms with E-state index in [1.807, 2.05) is 32.0 Å². The minimum Gasteiger partial charge on any atom is -0.351 e. The summed E-state index contributed by atoms with van der Waals surface area (Å²) in [7, 11) is 0. The number of aromatic nitrogens is 2. The van der Waals surface area contributed by atoms with Crippen LogP contribution in [0, 0.1) is 0 Å².